The van der Waals surface area contributed by atoms with E-state index in [1.807, 2.05) is 17.4 Å². The molecule has 1 aliphatic rings. The van der Waals surface area contributed by atoms with Crippen molar-refractivity contribution < 1.29 is 4.74 Å². The molecule has 4 heteroatoms. The molecular weight excluding hydrogens is 322 g/mol. The van der Waals surface area contributed by atoms with Gasteiger partial charge < -0.3 is 10.1 Å². The average Bonchev–Trinajstić information content (AvgIpc) is 2.75. The minimum absolute atomic E-state index is 0.395. The molecule has 0 saturated carbocycles. The van der Waals surface area contributed by atoms with E-state index in [2.05, 4.69) is 52.4 Å². The number of halogens is 1. The third kappa shape index (κ3) is 2.86. The zero-order valence-corrected chi connectivity index (χ0v) is 13.2. The van der Waals surface area contributed by atoms with Gasteiger partial charge in [-0.05, 0) is 35.0 Å². The summed E-state index contributed by atoms with van der Waals surface area (Å²) in [6, 6.07) is 10.9. The van der Waals surface area contributed by atoms with Crippen LogP contribution in [0.3, 0.4) is 0 Å². The van der Waals surface area contributed by atoms with Crippen LogP contribution in [-0.2, 0) is 6.54 Å². The van der Waals surface area contributed by atoms with E-state index < -0.39 is 0 Å². The van der Waals surface area contributed by atoms with Gasteiger partial charge in [-0.1, -0.05) is 18.2 Å². The topological polar surface area (TPSA) is 21.3 Å². The highest BCUT2D eigenvalue weighted by Crippen LogP contribution is 2.32. The second kappa shape index (κ2) is 5.65. The van der Waals surface area contributed by atoms with E-state index >= 15 is 0 Å². The number of aryl methyl sites for hydroxylation is 1. The lowest BCUT2D eigenvalue weighted by molar-refractivity contribution is 0.252. The molecule has 3 rings (SSSR count). The maximum Gasteiger partial charge on any atom is 0.124 e. The van der Waals surface area contributed by atoms with Crippen LogP contribution >= 0.6 is 27.3 Å². The summed E-state index contributed by atoms with van der Waals surface area (Å²) in [5.74, 6) is 1.02. The van der Waals surface area contributed by atoms with E-state index in [1.54, 1.807) is 0 Å². The van der Waals surface area contributed by atoms with E-state index in [9.17, 15) is 0 Å². The van der Waals surface area contributed by atoms with Gasteiger partial charge in [-0.25, -0.2) is 0 Å². The first-order valence-electron chi connectivity index (χ1n) is 6.44. The lowest BCUT2D eigenvalue weighted by Gasteiger charge is -2.26. The molecule has 2 nitrogen and oxygen atoms in total. The van der Waals surface area contributed by atoms with Crippen molar-refractivity contribution in [2.75, 3.05) is 6.61 Å². The van der Waals surface area contributed by atoms with Gasteiger partial charge >= 0.3 is 0 Å². The van der Waals surface area contributed by atoms with Crippen LogP contribution in [0.1, 0.15) is 27.8 Å². The molecule has 0 radical (unpaired) electrons. The SMILES string of the molecule is Cc1sc(CNC2CCOc3ccccc32)cc1Br. The predicted octanol–water partition coefficient (Wildman–Crippen LogP) is 4.43. The van der Waals surface area contributed by atoms with Crippen LogP contribution in [0.15, 0.2) is 34.8 Å². The number of hydrogen-bond donors (Lipinski definition) is 1. The first kappa shape index (κ1) is 13.2. The average molecular weight is 338 g/mol. The Bertz CT molecular complexity index is 562. The second-order valence-corrected chi connectivity index (χ2v) is 6.92. The maximum atomic E-state index is 5.68. The molecule has 0 saturated heterocycles. The molecule has 0 bridgehead atoms. The third-order valence-electron chi connectivity index (χ3n) is 3.39. The summed E-state index contributed by atoms with van der Waals surface area (Å²) in [4.78, 5) is 2.71. The van der Waals surface area contributed by atoms with E-state index in [0.29, 0.717) is 6.04 Å². The highest BCUT2D eigenvalue weighted by molar-refractivity contribution is 9.10. The lowest BCUT2D eigenvalue weighted by Crippen LogP contribution is -2.26. The smallest absolute Gasteiger partial charge is 0.124 e. The number of nitrogens with one attached hydrogen (secondary N) is 1. The molecule has 0 spiro atoms. The Kier molecular flexibility index (Phi) is 3.91. The Morgan fingerprint density at radius 3 is 3.05 bits per heavy atom. The van der Waals surface area contributed by atoms with Crippen molar-refractivity contribution >= 4 is 27.3 Å². The summed E-state index contributed by atoms with van der Waals surface area (Å²) in [5.41, 5.74) is 1.28. The third-order valence-corrected chi connectivity index (χ3v) is 5.53. The summed E-state index contributed by atoms with van der Waals surface area (Å²) in [5, 5.41) is 3.64. The van der Waals surface area contributed by atoms with Gasteiger partial charge in [0.2, 0.25) is 0 Å². The molecule has 2 aromatic rings. The second-order valence-electron chi connectivity index (χ2n) is 4.73. The van der Waals surface area contributed by atoms with Crippen molar-refractivity contribution in [3.63, 3.8) is 0 Å². The molecule has 2 heterocycles. The number of rotatable bonds is 3. The quantitative estimate of drug-likeness (QED) is 0.894. The zero-order chi connectivity index (χ0) is 13.2. The number of ether oxygens (including phenoxy) is 1. The van der Waals surface area contributed by atoms with Gasteiger partial charge in [0.1, 0.15) is 5.75 Å². The molecular formula is C15H16BrNOS. The Morgan fingerprint density at radius 1 is 1.42 bits per heavy atom. The van der Waals surface area contributed by atoms with Gasteiger partial charge in [0.05, 0.1) is 6.61 Å². The molecule has 19 heavy (non-hydrogen) atoms. The Morgan fingerprint density at radius 2 is 2.26 bits per heavy atom. The summed E-state index contributed by atoms with van der Waals surface area (Å²) in [6.07, 6.45) is 1.03. The van der Waals surface area contributed by atoms with Crippen molar-refractivity contribution in [1.29, 1.82) is 0 Å². The van der Waals surface area contributed by atoms with Gasteiger partial charge in [0, 0.05) is 38.8 Å². The largest absolute Gasteiger partial charge is 0.493 e. The Balaban J connectivity index is 1.71. The molecule has 0 fully saturated rings. The van der Waals surface area contributed by atoms with Crippen LogP contribution in [-0.4, -0.2) is 6.61 Å². The normalized spacial score (nSPS) is 17.9. The Hall–Kier alpha value is -0.840. The fraction of sp³-hybridized carbons (Fsp3) is 0.333. The summed E-state index contributed by atoms with van der Waals surface area (Å²) >= 11 is 5.41. The van der Waals surface area contributed by atoms with Crippen molar-refractivity contribution in [3.8, 4) is 5.75 Å². The van der Waals surface area contributed by atoms with E-state index in [0.717, 1.165) is 25.3 Å². The number of fused-ring (bicyclic) bond motifs is 1. The van der Waals surface area contributed by atoms with E-state index in [4.69, 9.17) is 4.74 Å². The fourth-order valence-electron chi connectivity index (χ4n) is 2.38. The van der Waals surface area contributed by atoms with Crippen LogP contribution in [0.5, 0.6) is 5.75 Å². The standard InChI is InChI=1S/C15H16BrNOS/c1-10-13(16)8-11(19-10)9-17-14-6-7-18-15-5-3-2-4-12(14)15/h2-5,8,14,17H,6-7,9H2,1H3. The monoisotopic (exact) mass is 337 g/mol. The van der Waals surface area contributed by atoms with Gasteiger partial charge in [-0.15, -0.1) is 11.3 Å². The van der Waals surface area contributed by atoms with Crippen molar-refractivity contribution in [2.24, 2.45) is 0 Å². The lowest BCUT2D eigenvalue weighted by atomic mass is 10.0. The molecule has 0 aliphatic carbocycles. The van der Waals surface area contributed by atoms with Crippen molar-refractivity contribution in [2.45, 2.75) is 25.9 Å². The molecule has 1 aromatic heterocycles. The molecule has 1 unspecified atom stereocenters. The van der Waals surface area contributed by atoms with Crippen molar-refractivity contribution in [1.82, 2.24) is 5.32 Å². The number of thiophene rings is 1. The van der Waals surface area contributed by atoms with Crippen LogP contribution in [0.25, 0.3) is 0 Å². The first-order chi connectivity index (χ1) is 9.24. The predicted molar refractivity (Wildman–Crippen MR) is 82.9 cm³/mol. The zero-order valence-electron chi connectivity index (χ0n) is 10.8. The van der Waals surface area contributed by atoms with Crippen LogP contribution in [0, 0.1) is 6.92 Å². The fourth-order valence-corrected chi connectivity index (χ4v) is 3.94. The van der Waals surface area contributed by atoms with Crippen LogP contribution in [0.4, 0.5) is 0 Å². The number of para-hydroxylation sites is 1. The molecule has 0 amide bonds. The minimum atomic E-state index is 0.395. The highest BCUT2D eigenvalue weighted by Gasteiger charge is 2.20. The molecule has 1 N–H and O–H groups in total. The first-order valence-corrected chi connectivity index (χ1v) is 8.05. The summed E-state index contributed by atoms with van der Waals surface area (Å²) in [6.45, 7) is 3.85. The van der Waals surface area contributed by atoms with E-state index in [-0.39, 0.29) is 0 Å². The summed E-state index contributed by atoms with van der Waals surface area (Å²) < 4.78 is 6.89. The summed E-state index contributed by atoms with van der Waals surface area (Å²) in [7, 11) is 0. The number of hydrogen-bond acceptors (Lipinski definition) is 3. The van der Waals surface area contributed by atoms with Crippen LogP contribution < -0.4 is 10.1 Å². The Labute approximate surface area is 125 Å². The molecule has 1 aromatic carbocycles. The molecule has 100 valence electrons. The molecule has 1 atom stereocenters. The van der Waals surface area contributed by atoms with Crippen molar-refractivity contribution in [3.05, 3.63) is 50.1 Å². The van der Waals surface area contributed by atoms with Crippen LogP contribution in [0.2, 0.25) is 0 Å². The number of benzene rings is 1. The van der Waals surface area contributed by atoms with Gasteiger partial charge in [-0.2, -0.15) is 0 Å². The van der Waals surface area contributed by atoms with Gasteiger partial charge in [0.15, 0.2) is 0 Å². The minimum Gasteiger partial charge on any atom is -0.493 e. The molecule has 1 aliphatic heterocycles. The van der Waals surface area contributed by atoms with Gasteiger partial charge in [0.25, 0.3) is 0 Å². The highest BCUT2D eigenvalue weighted by atomic mass is 79.9. The van der Waals surface area contributed by atoms with E-state index in [1.165, 1.54) is 19.8 Å². The maximum absolute atomic E-state index is 5.68. The van der Waals surface area contributed by atoms with Gasteiger partial charge in [-0.3, -0.25) is 0 Å².